The molecule has 1 aliphatic heterocycles. The maximum Gasteiger partial charge on any atom is 0.416 e. The van der Waals surface area contributed by atoms with Crippen LogP contribution in [0.1, 0.15) is 5.56 Å². The summed E-state index contributed by atoms with van der Waals surface area (Å²) in [6, 6.07) is 3.55. The van der Waals surface area contributed by atoms with Crippen molar-refractivity contribution < 1.29 is 9.53 Å². The number of pyridine rings is 1. The van der Waals surface area contributed by atoms with Gasteiger partial charge >= 0.3 is 6.09 Å². The van der Waals surface area contributed by atoms with E-state index in [1.807, 2.05) is 0 Å². The summed E-state index contributed by atoms with van der Waals surface area (Å²) < 4.78 is 4.61. The van der Waals surface area contributed by atoms with E-state index in [0.29, 0.717) is 11.4 Å². The highest BCUT2D eigenvalue weighted by Gasteiger charge is 2.23. The van der Waals surface area contributed by atoms with Crippen molar-refractivity contribution in [1.29, 1.82) is 0 Å². The Kier molecular flexibility index (Phi) is 1.46. The van der Waals surface area contributed by atoms with E-state index in [9.17, 15) is 4.79 Å². The fourth-order valence-electron chi connectivity index (χ4n) is 0.997. The van der Waals surface area contributed by atoms with Crippen molar-refractivity contribution >= 4 is 11.9 Å². The van der Waals surface area contributed by atoms with Crippen LogP contribution in [0.4, 0.5) is 10.6 Å². The molecule has 1 aliphatic rings. The molecule has 1 aromatic rings. The van der Waals surface area contributed by atoms with Crippen molar-refractivity contribution in [2.24, 2.45) is 0 Å². The molecule has 4 nitrogen and oxygen atoms in total. The number of nitrogens with zero attached hydrogens (tertiary/aromatic N) is 2. The second-order valence-corrected chi connectivity index (χ2v) is 2.40. The van der Waals surface area contributed by atoms with Crippen LogP contribution in [0.15, 0.2) is 18.3 Å². The number of rotatable bonds is 0. The molecule has 2 heterocycles. The molecule has 0 spiro atoms. The largest absolute Gasteiger partial charge is 0.428 e. The standard InChI is InChI=1S/C8H6N2O2/c1-10-7-6(3-2-4-9-7)5-12-8(10)11/h2-4H,1H3. The molecule has 0 saturated carbocycles. The predicted octanol–water partition coefficient (Wildman–Crippen LogP) is 1.05. The number of carbonyl (C=O) groups is 1. The van der Waals surface area contributed by atoms with E-state index < -0.39 is 6.09 Å². The van der Waals surface area contributed by atoms with Gasteiger partial charge in [0.15, 0.2) is 0 Å². The topological polar surface area (TPSA) is 42.4 Å². The van der Waals surface area contributed by atoms with Gasteiger partial charge < -0.3 is 4.74 Å². The maximum atomic E-state index is 11.0. The van der Waals surface area contributed by atoms with E-state index in [1.165, 1.54) is 4.90 Å². The van der Waals surface area contributed by atoms with E-state index in [1.54, 1.807) is 25.4 Å². The summed E-state index contributed by atoms with van der Waals surface area (Å²) in [4.78, 5) is 16.3. The molecule has 1 aromatic heterocycles. The second-order valence-electron chi connectivity index (χ2n) is 2.40. The van der Waals surface area contributed by atoms with Gasteiger partial charge in [-0.15, -0.1) is 0 Å². The minimum absolute atomic E-state index is 0.457. The average Bonchev–Trinajstić information content (AvgIpc) is 2.12. The van der Waals surface area contributed by atoms with Gasteiger partial charge in [-0.2, -0.15) is 0 Å². The third kappa shape index (κ3) is 0.922. The van der Waals surface area contributed by atoms with Crippen molar-refractivity contribution in [3.8, 4) is 0 Å². The van der Waals surface area contributed by atoms with E-state index >= 15 is 0 Å². The monoisotopic (exact) mass is 162 g/mol. The SMILES string of the molecule is CN1C(=O)O[C]c2cccnc21. The van der Waals surface area contributed by atoms with Crippen molar-refractivity contribution in [3.05, 3.63) is 30.5 Å². The van der Waals surface area contributed by atoms with E-state index in [2.05, 4.69) is 16.3 Å². The Balaban J connectivity index is 2.48. The van der Waals surface area contributed by atoms with Crippen LogP contribution in [0.5, 0.6) is 0 Å². The van der Waals surface area contributed by atoms with Gasteiger partial charge in [-0.05, 0) is 12.1 Å². The van der Waals surface area contributed by atoms with Crippen molar-refractivity contribution in [2.75, 3.05) is 11.9 Å². The molecule has 12 heavy (non-hydrogen) atoms. The van der Waals surface area contributed by atoms with Crippen LogP contribution in [0.25, 0.3) is 0 Å². The van der Waals surface area contributed by atoms with Gasteiger partial charge in [0.05, 0.1) is 0 Å². The van der Waals surface area contributed by atoms with Gasteiger partial charge in [-0.3, -0.25) is 4.90 Å². The highest BCUT2D eigenvalue weighted by atomic mass is 16.6. The summed E-state index contributed by atoms with van der Waals surface area (Å²) in [6.45, 7) is 2.49. The molecule has 0 fully saturated rings. The lowest BCUT2D eigenvalue weighted by Crippen LogP contribution is -2.31. The molecule has 0 atom stereocenters. The highest BCUT2D eigenvalue weighted by molar-refractivity contribution is 5.89. The van der Waals surface area contributed by atoms with Crippen molar-refractivity contribution in [2.45, 2.75) is 0 Å². The first-order valence-corrected chi connectivity index (χ1v) is 3.44. The van der Waals surface area contributed by atoms with Gasteiger partial charge in [0.25, 0.3) is 0 Å². The zero-order valence-electron chi connectivity index (χ0n) is 6.44. The van der Waals surface area contributed by atoms with Gasteiger partial charge in [-0.1, -0.05) is 0 Å². The molecular formula is C8H6N2O2. The number of cyclic esters (lactones) is 1. The molecule has 4 heteroatoms. The van der Waals surface area contributed by atoms with Gasteiger partial charge in [0.1, 0.15) is 5.82 Å². The number of anilines is 1. The number of hydrogen-bond acceptors (Lipinski definition) is 3. The molecular weight excluding hydrogens is 156 g/mol. The quantitative estimate of drug-likeness (QED) is 0.572. The Morgan fingerprint density at radius 3 is 3.33 bits per heavy atom. The van der Waals surface area contributed by atoms with E-state index in [-0.39, 0.29) is 0 Å². The molecule has 2 rings (SSSR count). The van der Waals surface area contributed by atoms with Gasteiger partial charge in [-0.25, -0.2) is 9.78 Å². The molecule has 2 radical (unpaired) electrons. The Morgan fingerprint density at radius 1 is 1.67 bits per heavy atom. The predicted molar refractivity (Wildman–Crippen MR) is 41.5 cm³/mol. The smallest absolute Gasteiger partial charge is 0.416 e. The Morgan fingerprint density at radius 2 is 2.50 bits per heavy atom. The first-order chi connectivity index (χ1) is 5.79. The molecule has 0 unspecified atom stereocenters. The number of aromatic nitrogens is 1. The minimum Gasteiger partial charge on any atom is -0.428 e. The minimum atomic E-state index is -0.457. The van der Waals surface area contributed by atoms with Crippen molar-refractivity contribution in [1.82, 2.24) is 4.98 Å². The lowest BCUT2D eigenvalue weighted by atomic mass is 10.2. The Hall–Kier alpha value is -1.58. The number of ether oxygens (including phenoxy) is 1. The summed E-state index contributed by atoms with van der Waals surface area (Å²) in [6.07, 6.45) is 1.16. The Labute approximate surface area is 69.8 Å². The summed E-state index contributed by atoms with van der Waals surface area (Å²) >= 11 is 0. The Bertz CT molecular complexity index is 325. The average molecular weight is 162 g/mol. The van der Waals surface area contributed by atoms with Crippen LogP contribution in [-0.4, -0.2) is 18.1 Å². The lowest BCUT2D eigenvalue weighted by Gasteiger charge is -2.22. The second kappa shape index (κ2) is 2.48. The third-order valence-electron chi connectivity index (χ3n) is 1.63. The fraction of sp³-hybridized carbons (Fsp3) is 0.125. The zero-order chi connectivity index (χ0) is 8.55. The molecule has 1 amide bonds. The molecule has 0 N–H and O–H groups in total. The van der Waals surface area contributed by atoms with Gasteiger partial charge in [0.2, 0.25) is 6.61 Å². The molecule has 0 bridgehead atoms. The zero-order valence-corrected chi connectivity index (χ0v) is 6.44. The van der Waals surface area contributed by atoms with E-state index in [0.717, 1.165) is 0 Å². The molecule has 0 aromatic carbocycles. The lowest BCUT2D eigenvalue weighted by molar-refractivity contribution is 0.181. The molecule has 0 saturated heterocycles. The first kappa shape index (κ1) is 7.09. The van der Waals surface area contributed by atoms with E-state index in [4.69, 9.17) is 0 Å². The molecule has 0 aliphatic carbocycles. The number of amides is 1. The number of hydrogen-bond donors (Lipinski definition) is 0. The summed E-state index contributed by atoms with van der Waals surface area (Å²) in [5.74, 6) is 0.578. The van der Waals surface area contributed by atoms with Crippen LogP contribution < -0.4 is 4.90 Å². The molecule has 60 valence electrons. The summed E-state index contributed by atoms with van der Waals surface area (Å²) in [5, 5.41) is 0. The highest BCUT2D eigenvalue weighted by Crippen LogP contribution is 2.23. The summed E-state index contributed by atoms with van der Waals surface area (Å²) in [7, 11) is 1.61. The van der Waals surface area contributed by atoms with Crippen LogP contribution in [0.3, 0.4) is 0 Å². The normalized spacial score (nSPS) is 15.4. The van der Waals surface area contributed by atoms with Crippen LogP contribution in [0.2, 0.25) is 0 Å². The summed E-state index contributed by atoms with van der Waals surface area (Å²) in [5.41, 5.74) is 0.694. The fourth-order valence-corrected chi connectivity index (χ4v) is 0.997. The van der Waals surface area contributed by atoms with Crippen LogP contribution in [0, 0.1) is 6.61 Å². The van der Waals surface area contributed by atoms with Crippen LogP contribution >= 0.6 is 0 Å². The van der Waals surface area contributed by atoms with Crippen molar-refractivity contribution in [3.63, 3.8) is 0 Å². The number of fused-ring (bicyclic) bond motifs is 1. The maximum absolute atomic E-state index is 11.0. The first-order valence-electron chi connectivity index (χ1n) is 3.44. The van der Waals surface area contributed by atoms with Gasteiger partial charge in [0, 0.05) is 18.8 Å². The number of carbonyl (C=O) groups excluding carboxylic acids is 1. The third-order valence-corrected chi connectivity index (χ3v) is 1.63. The van der Waals surface area contributed by atoms with Crippen LogP contribution in [-0.2, 0) is 4.74 Å².